The minimum atomic E-state index is -0.271. The Balaban J connectivity index is 2.56. The van der Waals surface area contributed by atoms with Gasteiger partial charge in [0.15, 0.2) is 0 Å². The summed E-state index contributed by atoms with van der Waals surface area (Å²) in [4.78, 5) is 0. The van der Waals surface area contributed by atoms with Crippen LogP contribution in [0.3, 0.4) is 0 Å². The van der Waals surface area contributed by atoms with Crippen molar-refractivity contribution < 1.29 is 9.31 Å². The molecule has 1 fully saturated rings. The lowest BCUT2D eigenvalue weighted by Gasteiger charge is -2.32. The molecule has 0 unspecified atom stereocenters. The van der Waals surface area contributed by atoms with Gasteiger partial charge in [-0.1, -0.05) is 0 Å². The standard InChI is InChI=1S/C9H16BNO2/c1-8(2)9(3,4)13-10(12-8)6-5-7-11/h5-6H2,1-4H3. The molecule has 0 N–H and O–H groups in total. The van der Waals surface area contributed by atoms with Crippen molar-refractivity contribution in [2.24, 2.45) is 0 Å². The molecule has 1 saturated heterocycles. The second kappa shape index (κ2) is 3.32. The Kier molecular flexibility index (Phi) is 2.70. The van der Waals surface area contributed by atoms with Crippen LogP contribution in [0.2, 0.25) is 6.32 Å². The fourth-order valence-electron chi connectivity index (χ4n) is 1.27. The maximum Gasteiger partial charge on any atom is 0.458 e. The average molecular weight is 181 g/mol. The van der Waals surface area contributed by atoms with Crippen molar-refractivity contribution in [1.29, 1.82) is 5.26 Å². The minimum Gasteiger partial charge on any atom is -0.403 e. The number of rotatable bonds is 2. The maximum atomic E-state index is 8.43. The van der Waals surface area contributed by atoms with E-state index in [0.29, 0.717) is 12.7 Å². The Morgan fingerprint density at radius 3 is 2.00 bits per heavy atom. The highest BCUT2D eigenvalue weighted by Crippen LogP contribution is 2.37. The zero-order valence-corrected chi connectivity index (χ0v) is 8.76. The lowest BCUT2D eigenvalue weighted by molar-refractivity contribution is 0.00578. The maximum absolute atomic E-state index is 8.43. The van der Waals surface area contributed by atoms with Crippen LogP contribution in [-0.4, -0.2) is 18.3 Å². The van der Waals surface area contributed by atoms with Gasteiger partial charge in [-0.25, -0.2) is 0 Å². The van der Waals surface area contributed by atoms with E-state index in [1.807, 2.05) is 27.7 Å². The van der Waals surface area contributed by atoms with Gasteiger partial charge in [-0.3, -0.25) is 0 Å². The molecule has 0 saturated carbocycles. The van der Waals surface area contributed by atoms with E-state index in [0.717, 1.165) is 0 Å². The quantitative estimate of drug-likeness (QED) is 0.611. The minimum absolute atomic E-state index is 0.218. The number of hydrogen-bond donors (Lipinski definition) is 0. The summed E-state index contributed by atoms with van der Waals surface area (Å²) in [5.74, 6) is 0. The number of nitriles is 1. The molecule has 0 spiro atoms. The van der Waals surface area contributed by atoms with Crippen LogP contribution < -0.4 is 0 Å². The zero-order chi connectivity index (χ0) is 10.1. The molecule has 1 heterocycles. The smallest absolute Gasteiger partial charge is 0.403 e. The molecule has 13 heavy (non-hydrogen) atoms. The first-order chi connectivity index (χ1) is 5.89. The van der Waals surface area contributed by atoms with Crippen molar-refractivity contribution in [2.75, 3.05) is 0 Å². The summed E-state index contributed by atoms with van der Waals surface area (Å²) in [6.07, 6.45) is 1.14. The molecule has 3 nitrogen and oxygen atoms in total. The molecule has 72 valence electrons. The summed E-state index contributed by atoms with van der Waals surface area (Å²) in [5.41, 5.74) is -0.541. The Morgan fingerprint density at radius 1 is 1.15 bits per heavy atom. The van der Waals surface area contributed by atoms with Gasteiger partial charge < -0.3 is 9.31 Å². The summed E-state index contributed by atoms with van der Waals surface area (Å²) in [7, 11) is -0.218. The predicted octanol–water partition coefficient (Wildman–Crippen LogP) is 1.99. The highest BCUT2D eigenvalue weighted by atomic mass is 16.7. The number of hydrogen-bond acceptors (Lipinski definition) is 3. The summed E-state index contributed by atoms with van der Waals surface area (Å²) in [6.45, 7) is 8.05. The lowest BCUT2D eigenvalue weighted by Crippen LogP contribution is -2.41. The highest BCUT2D eigenvalue weighted by Gasteiger charge is 2.50. The first-order valence-electron chi connectivity index (χ1n) is 4.62. The van der Waals surface area contributed by atoms with E-state index in [1.54, 1.807) is 0 Å². The van der Waals surface area contributed by atoms with Crippen molar-refractivity contribution in [3.8, 4) is 6.07 Å². The van der Waals surface area contributed by atoms with Crippen LogP contribution in [0.5, 0.6) is 0 Å². The number of nitrogens with zero attached hydrogens (tertiary/aromatic N) is 1. The van der Waals surface area contributed by atoms with E-state index in [9.17, 15) is 0 Å². The first kappa shape index (κ1) is 10.6. The van der Waals surface area contributed by atoms with E-state index in [1.165, 1.54) is 0 Å². The van der Waals surface area contributed by atoms with E-state index >= 15 is 0 Å². The third kappa shape index (κ3) is 2.04. The fraction of sp³-hybridized carbons (Fsp3) is 0.889. The van der Waals surface area contributed by atoms with Gasteiger partial charge in [0, 0.05) is 6.42 Å². The van der Waals surface area contributed by atoms with Crippen molar-refractivity contribution in [1.82, 2.24) is 0 Å². The molecule has 0 aromatic carbocycles. The molecule has 0 atom stereocenters. The third-order valence-electron chi connectivity index (χ3n) is 2.79. The molecule has 0 amide bonds. The van der Waals surface area contributed by atoms with E-state index in [4.69, 9.17) is 14.6 Å². The topological polar surface area (TPSA) is 42.2 Å². The fourth-order valence-corrected chi connectivity index (χ4v) is 1.27. The predicted molar refractivity (Wildman–Crippen MR) is 51.1 cm³/mol. The molecule has 0 bridgehead atoms. The average Bonchev–Trinajstić information content (AvgIpc) is 2.17. The normalized spacial score (nSPS) is 24.4. The first-order valence-corrected chi connectivity index (χ1v) is 4.62. The van der Waals surface area contributed by atoms with Gasteiger partial charge in [0.05, 0.1) is 17.3 Å². The Morgan fingerprint density at radius 2 is 1.62 bits per heavy atom. The Labute approximate surface area is 80.2 Å². The van der Waals surface area contributed by atoms with Crippen molar-refractivity contribution in [3.63, 3.8) is 0 Å². The van der Waals surface area contributed by atoms with E-state index < -0.39 is 0 Å². The van der Waals surface area contributed by atoms with Gasteiger partial charge in [0.2, 0.25) is 0 Å². The second-order valence-electron chi connectivity index (χ2n) is 4.38. The summed E-state index contributed by atoms with van der Waals surface area (Å²) >= 11 is 0. The van der Waals surface area contributed by atoms with Gasteiger partial charge in [-0.15, -0.1) is 0 Å². The molecule has 1 aliphatic rings. The lowest BCUT2D eigenvalue weighted by atomic mass is 9.83. The monoisotopic (exact) mass is 181 g/mol. The molecular weight excluding hydrogens is 165 g/mol. The molecule has 1 rings (SSSR count). The van der Waals surface area contributed by atoms with Crippen LogP contribution in [0.25, 0.3) is 0 Å². The van der Waals surface area contributed by atoms with Crippen LogP contribution >= 0.6 is 0 Å². The van der Waals surface area contributed by atoms with Gasteiger partial charge in [0.25, 0.3) is 0 Å². The van der Waals surface area contributed by atoms with E-state index in [2.05, 4.69) is 6.07 Å². The van der Waals surface area contributed by atoms with Crippen molar-refractivity contribution in [3.05, 3.63) is 0 Å². The third-order valence-corrected chi connectivity index (χ3v) is 2.79. The highest BCUT2D eigenvalue weighted by molar-refractivity contribution is 6.45. The van der Waals surface area contributed by atoms with Gasteiger partial charge >= 0.3 is 7.12 Å². The molecule has 4 heteroatoms. The van der Waals surface area contributed by atoms with Crippen LogP contribution in [0.15, 0.2) is 0 Å². The SMILES string of the molecule is CC1(C)OB(CCC#N)OC1(C)C. The molecule has 1 aliphatic heterocycles. The molecular formula is C9H16BNO2. The van der Waals surface area contributed by atoms with Gasteiger partial charge in [0.1, 0.15) is 0 Å². The zero-order valence-electron chi connectivity index (χ0n) is 8.76. The van der Waals surface area contributed by atoms with Crippen LogP contribution in [0.4, 0.5) is 0 Å². The van der Waals surface area contributed by atoms with Crippen molar-refractivity contribution >= 4 is 7.12 Å². The second-order valence-corrected chi connectivity index (χ2v) is 4.38. The van der Waals surface area contributed by atoms with Crippen molar-refractivity contribution in [2.45, 2.75) is 51.6 Å². The van der Waals surface area contributed by atoms with Gasteiger partial charge in [-0.05, 0) is 34.0 Å². The van der Waals surface area contributed by atoms with Crippen LogP contribution in [-0.2, 0) is 9.31 Å². The summed E-state index contributed by atoms with van der Waals surface area (Å²) < 4.78 is 11.4. The molecule has 0 aliphatic carbocycles. The molecule has 0 radical (unpaired) electrons. The Bertz CT molecular complexity index is 216. The Hall–Kier alpha value is -0.525. The summed E-state index contributed by atoms with van der Waals surface area (Å²) in [6, 6.07) is 2.09. The van der Waals surface area contributed by atoms with Crippen LogP contribution in [0, 0.1) is 11.3 Å². The van der Waals surface area contributed by atoms with E-state index in [-0.39, 0.29) is 18.3 Å². The molecule has 0 aromatic rings. The largest absolute Gasteiger partial charge is 0.458 e. The summed E-state index contributed by atoms with van der Waals surface area (Å²) in [5, 5.41) is 8.43. The van der Waals surface area contributed by atoms with Gasteiger partial charge in [-0.2, -0.15) is 5.26 Å². The van der Waals surface area contributed by atoms with Crippen LogP contribution in [0.1, 0.15) is 34.1 Å². The molecule has 0 aromatic heterocycles.